The molecule has 1 atom stereocenters. The third-order valence-electron chi connectivity index (χ3n) is 3.49. The van der Waals surface area contributed by atoms with Crippen LogP contribution in [0.15, 0.2) is 30.3 Å². The zero-order chi connectivity index (χ0) is 14.4. The van der Waals surface area contributed by atoms with Gasteiger partial charge in [-0.3, -0.25) is 9.59 Å². The van der Waals surface area contributed by atoms with Gasteiger partial charge in [0.1, 0.15) is 6.73 Å². The van der Waals surface area contributed by atoms with Crippen molar-refractivity contribution in [1.29, 1.82) is 0 Å². The van der Waals surface area contributed by atoms with Crippen molar-refractivity contribution in [1.82, 2.24) is 10.2 Å². The van der Waals surface area contributed by atoms with E-state index in [-0.39, 0.29) is 24.5 Å². The summed E-state index contributed by atoms with van der Waals surface area (Å²) in [5.74, 6) is -0.311. The average molecular weight is 276 g/mol. The van der Waals surface area contributed by atoms with E-state index in [1.54, 1.807) is 4.90 Å². The van der Waals surface area contributed by atoms with Crippen LogP contribution in [0.2, 0.25) is 0 Å². The number of amides is 2. The van der Waals surface area contributed by atoms with E-state index in [1.807, 2.05) is 30.3 Å². The zero-order valence-electron chi connectivity index (χ0n) is 11.7. The number of methoxy groups -OCH3 is 1. The van der Waals surface area contributed by atoms with Crippen molar-refractivity contribution >= 4 is 11.8 Å². The van der Waals surface area contributed by atoms with Gasteiger partial charge in [-0.1, -0.05) is 30.3 Å². The lowest BCUT2D eigenvalue weighted by Gasteiger charge is -2.16. The Morgan fingerprint density at radius 3 is 2.85 bits per heavy atom. The Morgan fingerprint density at radius 1 is 1.40 bits per heavy atom. The monoisotopic (exact) mass is 276 g/mol. The number of hydrogen-bond acceptors (Lipinski definition) is 3. The van der Waals surface area contributed by atoms with E-state index in [0.717, 1.165) is 6.42 Å². The van der Waals surface area contributed by atoms with Gasteiger partial charge in [0, 0.05) is 26.6 Å². The Bertz CT molecular complexity index is 461. The van der Waals surface area contributed by atoms with Crippen LogP contribution in [0.25, 0.3) is 0 Å². The summed E-state index contributed by atoms with van der Waals surface area (Å²) in [6, 6.07) is 10.0. The first-order chi connectivity index (χ1) is 9.70. The maximum atomic E-state index is 11.9. The number of ether oxygens (including phenoxy) is 1. The first kappa shape index (κ1) is 14.5. The smallest absolute Gasteiger partial charge is 0.227 e. The lowest BCUT2D eigenvalue weighted by molar-refractivity contribution is -0.129. The Kier molecular flexibility index (Phi) is 5.12. The van der Waals surface area contributed by atoms with Gasteiger partial charge in [-0.05, 0) is 12.0 Å². The first-order valence-corrected chi connectivity index (χ1v) is 6.79. The SMILES string of the molecule is COCNC(=O)[C@H]1CC(=O)N(CCc2ccccc2)C1. The van der Waals surface area contributed by atoms with Gasteiger partial charge in [-0.15, -0.1) is 0 Å². The molecule has 1 aliphatic heterocycles. The molecule has 2 rings (SSSR count). The van der Waals surface area contributed by atoms with Gasteiger partial charge >= 0.3 is 0 Å². The highest BCUT2D eigenvalue weighted by molar-refractivity contribution is 5.89. The number of carbonyl (C=O) groups is 2. The normalized spacial score (nSPS) is 18.4. The molecule has 1 N–H and O–H groups in total. The lowest BCUT2D eigenvalue weighted by atomic mass is 10.1. The molecule has 0 spiro atoms. The summed E-state index contributed by atoms with van der Waals surface area (Å²) in [4.78, 5) is 25.5. The molecule has 20 heavy (non-hydrogen) atoms. The molecule has 5 heteroatoms. The third-order valence-corrected chi connectivity index (χ3v) is 3.49. The summed E-state index contributed by atoms with van der Waals surface area (Å²) < 4.78 is 4.80. The van der Waals surface area contributed by atoms with Crippen LogP contribution in [-0.4, -0.2) is 43.6 Å². The third kappa shape index (κ3) is 3.81. The maximum absolute atomic E-state index is 11.9. The summed E-state index contributed by atoms with van der Waals surface area (Å²) in [5, 5.41) is 2.65. The Balaban J connectivity index is 1.82. The van der Waals surface area contributed by atoms with E-state index in [9.17, 15) is 9.59 Å². The minimum atomic E-state index is -0.256. The molecule has 108 valence electrons. The quantitative estimate of drug-likeness (QED) is 0.782. The van der Waals surface area contributed by atoms with Crippen molar-refractivity contribution in [2.45, 2.75) is 12.8 Å². The fourth-order valence-electron chi connectivity index (χ4n) is 2.36. The number of carbonyl (C=O) groups excluding carboxylic acids is 2. The van der Waals surface area contributed by atoms with Crippen molar-refractivity contribution in [3.05, 3.63) is 35.9 Å². The molecule has 1 aromatic rings. The van der Waals surface area contributed by atoms with Gasteiger partial charge in [0.2, 0.25) is 11.8 Å². The van der Waals surface area contributed by atoms with Gasteiger partial charge in [-0.25, -0.2) is 0 Å². The average Bonchev–Trinajstić information content (AvgIpc) is 2.85. The van der Waals surface area contributed by atoms with Crippen molar-refractivity contribution in [3.8, 4) is 0 Å². The molecule has 0 saturated carbocycles. The highest BCUT2D eigenvalue weighted by Gasteiger charge is 2.33. The van der Waals surface area contributed by atoms with Gasteiger partial charge < -0.3 is 15.0 Å². The standard InChI is InChI=1S/C15H20N2O3/c1-20-11-16-15(19)13-9-14(18)17(10-13)8-7-12-5-3-2-4-6-12/h2-6,13H,7-11H2,1H3,(H,16,19)/t13-/m0/s1. The van der Waals surface area contributed by atoms with Gasteiger partial charge in [0.25, 0.3) is 0 Å². The molecule has 2 amide bonds. The molecular weight excluding hydrogens is 256 g/mol. The summed E-state index contributed by atoms with van der Waals surface area (Å²) >= 11 is 0. The van der Waals surface area contributed by atoms with Crippen LogP contribution < -0.4 is 5.32 Å². The summed E-state index contributed by atoms with van der Waals surface area (Å²) in [5.41, 5.74) is 1.20. The first-order valence-electron chi connectivity index (χ1n) is 6.79. The predicted octanol–water partition coefficient (Wildman–Crippen LogP) is 0.798. The van der Waals surface area contributed by atoms with E-state index >= 15 is 0 Å². The lowest BCUT2D eigenvalue weighted by Crippen LogP contribution is -2.34. The topological polar surface area (TPSA) is 58.6 Å². The Hall–Kier alpha value is -1.88. The summed E-state index contributed by atoms with van der Waals surface area (Å²) in [6.07, 6.45) is 1.11. The van der Waals surface area contributed by atoms with Crippen molar-refractivity contribution in [3.63, 3.8) is 0 Å². The van der Waals surface area contributed by atoms with Crippen molar-refractivity contribution < 1.29 is 14.3 Å². The molecule has 1 aromatic carbocycles. The summed E-state index contributed by atoms with van der Waals surface area (Å²) in [7, 11) is 1.52. The van der Waals surface area contributed by atoms with Crippen LogP contribution in [0, 0.1) is 5.92 Å². The Labute approximate surface area is 118 Å². The second-order valence-electron chi connectivity index (χ2n) is 4.95. The highest BCUT2D eigenvalue weighted by atomic mass is 16.5. The number of likely N-dealkylation sites (tertiary alicyclic amines) is 1. The van der Waals surface area contributed by atoms with E-state index in [4.69, 9.17) is 4.74 Å². The van der Waals surface area contributed by atoms with Crippen molar-refractivity contribution in [2.24, 2.45) is 5.92 Å². The van der Waals surface area contributed by atoms with Crippen LogP contribution in [0.1, 0.15) is 12.0 Å². The number of rotatable bonds is 6. The molecule has 0 unspecified atom stereocenters. The van der Waals surface area contributed by atoms with Crippen LogP contribution in [0.5, 0.6) is 0 Å². The van der Waals surface area contributed by atoms with Gasteiger partial charge in [0.15, 0.2) is 0 Å². The number of hydrogen-bond donors (Lipinski definition) is 1. The van der Waals surface area contributed by atoms with Crippen molar-refractivity contribution in [2.75, 3.05) is 26.9 Å². The van der Waals surface area contributed by atoms with Gasteiger partial charge in [-0.2, -0.15) is 0 Å². The second-order valence-corrected chi connectivity index (χ2v) is 4.95. The minimum Gasteiger partial charge on any atom is -0.364 e. The number of benzene rings is 1. The van der Waals surface area contributed by atoms with E-state index in [2.05, 4.69) is 5.32 Å². The Morgan fingerprint density at radius 2 is 2.15 bits per heavy atom. The largest absolute Gasteiger partial charge is 0.364 e. The number of nitrogens with one attached hydrogen (secondary N) is 1. The molecule has 1 fully saturated rings. The van der Waals surface area contributed by atoms with Crippen LogP contribution in [-0.2, 0) is 20.7 Å². The van der Waals surface area contributed by atoms with Crippen LogP contribution in [0.4, 0.5) is 0 Å². The van der Waals surface area contributed by atoms with Crippen LogP contribution >= 0.6 is 0 Å². The van der Waals surface area contributed by atoms with Crippen LogP contribution in [0.3, 0.4) is 0 Å². The van der Waals surface area contributed by atoms with E-state index in [0.29, 0.717) is 19.5 Å². The molecule has 1 heterocycles. The van der Waals surface area contributed by atoms with Gasteiger partial charge in [0.05, 0.1) is 5.92 Å². The maximum Gasteiger partial charge on any atom is 0.227 e. The zero-order valence-corrected chi connectivity index (χ0v) is 11.7. The highest BCUT2D eigenvalue weighted by Crippen LogP contribution is 2.18. The van der Waals surface area contributed by atoms with E-state index in [1.165, 1.54) is 12.7 Å². The molecule has 0 radical (unpaired) electrons. The molecule has 1 saturated heterocycles. The summed E-state index contributed by atoms with van der Waals surface area (Å²) in [6.45, 7) is 1.35. The fourth-order valence-corrected chi connectivity index (χ4v) is 2.36. The molecule has 0 aromatic heterocycles. The molecular formula is C15H20N2O3. The minimum absolute atomic E-state index is 0.0542. The molecule has 5 nitrogen and oxygen atoms in total. The van der Waals surface area contributed by atoms with E-state index < -0.39 is 0 Å². The predicted molar refractivity (Wildman–Crippen MR) is 74.9 cm³/mol. The molecule has 0 bridgehead atoms. The molecule has 1 aliphatic rings. The second kappa shape index (κ2) is 7.05. The number of nitrogens with zero attached hydrogens (tertiary/aromatic N) is 1. The fraction of sp³-hybridized carbons (Fsp3) is 0.467. The molecule has 0 aliphatic carbocycles.